The number of fused-ring (bicyclic) bond motifs is 1. The summed E-state index contributed by atoms with van der Waals surface area (Å²) in [5.74, 6) is 1.97. The van der Waals surface area contributed by atoms with Gasteiger partial charge >= 0.3 is 5.51 Å². The van der Waals surface area contributed by atoms with E-state index in [1.54, 1.807) is 18.2 Å². The normalized spacial score (nSPS) is 13.8. The summed E-state index contributed by atoms with van der Waals surface area (Å²) in [4.78, 5) is 14.3. The lowest BCUT2D eigenvalue weighted by molar-refractivity contribution is -0.0382. The minimum atomic E-state index is -4.46. The van der Waals surface area contributed by atoms with Gasteiger partial charge in [-0.3, -0.25) is 0 Å². The van der Waals surface area contributed by atoms with Gasteiger partial charge in [0.25, 0.3) is 0 Å². The lowest BCUT2D eigenvalue weighted by Crippen LogP contribution is -2.01. The maximum atomic E-state index is 12.6. The molecule has 0 amide bonds. The average Bonchev–Trinajstić information content (AvgIpc) is 3.01. The molecule has 0 aliphatic heterocycles. The smallest absolute Gasteiger partial charge is 0.417 e. The van der Waals surface area contributed by atoms with Crippen LogP contribution in [0.1, 0.15) is 17.5 Å². The zero-order valence-electron chi connectivity index (χ0n) is 22.3. The van der Waals surface area contributed by atoms with Crippen molar-refractivity contribution in [1.82, 2.24) is 15.0 Å². The molecule has 0 saturated heterocycles. The summed E-state index contributed by atoms with van der Waals surface area (Å²) >= 11 is -0.498. The van der Waals surface area contributed by atoms with E-state index in [0.29, 0.717) is 30.3 Å². The standard InChI is InChI=1S/C34H24F3N3OS/c35-34(36,37)42-41-30-13-7-12-23-16-19-28(22-29(23)20-21-30)24-14-17-27(18-15-24)33-39-31(25-8-3-1-4-9-25)38-32(40-33)26-10-5-2-6-11-26/h1-6,8-11,13-22H,7,12H2/b21-20-,30-13?. The highest BCUT2D eigenvalue weighted by molar-refractivity contribution is 7.95. The summed E-state index contributed by atoms with van der Waals surface area (Å²) in [5, 5.41) is 0. The fourth-order valence-corrected chi connectivity index (χ4v) is 4.99. The van der Waals surface area contributed by atoms with Crippen molar-refractivity contribution in [3.05, 3.63) is 132 Å². The Morgan fingerprint density at radius 1 is 0.595 bits per heavy atom. The molecule has 4 aromatic carbocycles. The van der Waals surface area contributed by atoms with E-state index in [1.807, 2.05) is 91.0 Å². The molecule has 5 aromatic rings. The predicted molar refractivity (Wildman–Crippen MR) is 162 cm³/mol. The van der Waals surface area contributed by atoms with Crippen molar-refractivity contribution in [2.75, 3.05) is 0 Å². The molecule has 0 N–H and O–H groups in total. The zero-order valence-corrected chi connectivity index (χ0v) is 23.1. The molecule has 0 fully saturated rings. The van der Waals surface area contributed by atoms with Crippen LogP contribution in [0, 0.1) is 0 Å². The van der Waals surface area contributed by atoms with E-state index >= 15 is 0 Å². The van der Waals surface area contributed by atoms with Gasteiger partial charge in [0.2, 0.25) is 0 Å². The Morgan fingerprint density at radius 2 is 1.12 bits per heavy atom. The molecule has 8 heteroatoms. The summed E-state index contributed by atoms with van der Waals surface area (Å²) in [5.41, 5.74) is 2.27. The number of hydrogen-bond donors (Lipinski definition) is 0. The van der Waals surface area contributed by atoms with E-state index in [4.69, 9.17) is 19.1 Å². The summed E-state index contributed by atoms with van der Waals surface area (Å²) in [6.07, 6.45) is 6.35. The lowest BCUT2D eigenvalue weighted by atomic mass is 9.95. The van der Waals surface area contributed by atoms with Crippen LogP contribution in [0.5, 0.6) is 0 Å². The second-order valence-electron chi connectivity index (χ2n) is 9.62. The molecule has 0 spiro atoms. The van der Waals surface area contributed by atoms with Crippen LogP contribution in [0.3, 0.4) is 0 Å². The largest absolute Gasteiger partial charge is 0.479 e. The Labute approximate surface area is 245 Å². The molecule has 42 heavy (non-hydrogen) atoms. The first kappa shape index (κ1) is 27.5. The number of rotatable bonds is 6. The van der Waals surface area contributed by atoms with Gasteiger partial charge in [-0.25, -0.2) is 15.0 Å². The molecule has 1 heterocycles. The third-order valence-corrected chi connectivity index (χ3v) is 7.21. The number of halogens is 3. The van der Waals surface area contributed by atoms with E-state index in [-0.39, 0.29) is 5.76 Å². The molecule has 0 saturated carbocycles. The molecule has 1 aliphatic carbocycles. The molecule has 0 atom stereocenters. The molecule has 6 rings (SSSR count). The summed E-state index contributed by atoms with van der Waals surface area (Å²) in [6, 6.07) is 33.9. The zero-order chi connectivity index (χ0) is 28.9. The van der Waals surface area contributed by atoms with Crippen molar-refractivity contribution >= 4 is 18.1 Å². The van der Waals surface area contributed by atoms with Crippen molar-refractivity contribution in [2.24, 2.45) is 0 Å². The maximum absolute atomic E-state index is 12.6. The van der Waals surface area contributed by atoms with Crippen LogP contribution in [-0.4, -0.2) is 20.5 Å². The number of aromatic nitrogens is 3. The van der Waals surface area contributed by atoms with Crippen LogP contribution in [0.15, 0.2) is 121 Å². The lowest BCUT2D eigenvalue weighted by Gasteiger charge is -2.13. The Balaban J connectivity index is 1.29. The van der Waals surface area contributed by atoms with Crippen LogP contribution >= 0.6 is 12.0 Å². The first-order valence-corrected chi connectivity index (χ1v) is 14.1. The highest BCUT2D eigenvalue weighted by atomic mass is 32.2. The average molecular weight is 580 g/mol. The van der Waals surface area contributed by atoms with Crippen molar-refractivity contribution in [1.29, 1.82) is 0 Å². The SMILES string of the molecule is FC(F)(F)SOC1=CCCc2ccc(-c3ccc(-c4nc(-c5ccccc5)nc(-c5ccccc5)n4)cc3)cc2/C=C\1. The van der Waals surface area contributed by atoms with E-state index in [2.05, 4.69) is 12.1 Å². The monoisotopic (exact) mass is 579 g/mol. The minimum Gasteiger partial charge on any atom is -0.417 e. The Kier molecular flexibility index (Phi) is 7.88. The Morgan fingerprint density at radius 3 is 1.69 bits per heavy atom. The second kappa shape index (κ2) is 12.0. The van der Waals surface area contributed by atoms with Gasteiger partial charge in [-0.1, -0.05) is 103 Å². The topological polar surface area (TPSA) is 47.9 Å². The van der Waals surface area contributed by atoms with Crippen molar-refractivity contribution in [2.45, 2.75) is 18.3 Å². The highest BCUT2D eigenvalue weighted by Crippen LogP contribution is 2.34. The quantitative estimate of drug-likeness (QED) is 0.188. The molecule has 208 valence electrons. The molecule has 0 radical (unpaired) electrons. The maximum Gasteiger partial charge on any atom is 0.479 e. The molecule has 1 aliphatic rings. The van der Waals surface area contributed by atoms with Gasteiger partial charge in [-0.2, -0.15) is 13.2 Å². The van der Waals surface area contributed by atoms with Gasteiger partial charge in [-0.15, -0.1) is 0 Å². The van der Waals surface area contributed by atoms with E-state index in [1.165, 1.54) is 0 Å². The van der Waals surface area contributed by atoms with Gasteiger partial charge in [0.15, 0.2) is 29.5 Å². The van der Waals surface area contributed by atoms with Crippen molar-refractivity contribution < 1.29 is 17.4 Å². The van der Waals surface area contributed by atoms with Gasteiger partial charge in [0.05, 0.1) is 0 Å². The summed E-state index contributed by atoms with van der Waals surface area (Å²) in [6.45, 7) is 0. The third-order valence-electron chi connectivity index (χ3n) is 6.74. The van der Waals surface area contributed by atoms with Crippen LogP contribution in [-0.2, 0) is 10.6 Å². The fraction of sp³-hybridized carbons (Fsp3) is 0.0882. The van der Waals surface area contributed by atoms with Crippen molar-refractivity contribution in [3.8, 4) is 45.3 Å². The fourth-order valence-electron chi connectivity index (χ4n) is 4.67. The molecule has 0 unspecified atom stereocenters. The third kappa shape index (κ3) is 6.61. The first-order chi connectivity index (χ1) is 20.4. The predicted octanol–water partition coefficient (Wildman–Crippen LogP) is 9.57. The van der Waals surface area contributed by atoms with Crippen LogP contribution in [0.2, 0.25) is 0 Å². The van der Waals surface area contributed by atoms with E-state index in [9.17, 15) is 13.2 Å². The minimum absolute atomic E-state index is 0.194. The van der Waals surface area contributed by atoms with Gasteiger partial charge in [0.1, 0.15) is 5.76 Å². The number of hydrogen-bond acceptors (Lipinski definition) is 5. The summed E-state index contributed by atoms with van der Waals surface area (Å²) in [7, 11) is 0. The van der Waals surface area contributed by atoms with Crippen LogP contribution < -0.4 is 0 Å². The molecular weight excluding hydrogens is 555 g/mol. The van der Waals surface area contributed by atoms with Crippen LogP contribution in [0.4, 0.5) is 13.2 Å². The van der Waals surface area contributed by atoms with Gasteiger partial charge in [0, 0.05) is 16.7 Å². The number of allylic oxidation sites excluding steroid dienone is 2. The molecule has 4 nitrogen and oxygen atoms in total. The summed E-state index contributed by atoms with van der Waals surface area (Å²) < 4.78 is 42.6. The molecule has 1 aromatic heterocycles. The highest BCUT2D eigenvalue weighted by Gasteiger charge is 2.31. The first-order valence-electron chi connectivity index (χ1n) is 13.3. The van der Waals surface area contributed by atoms with Crippen LogP contribution in [0.25, 0.3) is 51.4 Å². The second-order valence-corrected chi connectivity index (χ2v) is 10.4. The Hall–Kier alpha value is -4.69. The van der Waals surface area contributed by atoms with Gasteiger partial charge < -0.3 is 4.18 Å². The molecule has 0 bridgehead atoms. The number of aryl methyl sites for hydroxylation is 1. The van der Waals surface area contributed by atoms with E-state index < -0.39 is 17.6 Å². The molecular formula is C34H24F3N3OS. The van der Waals surface area contributed by atoms with Gasteiger partial charge in [-0.05, 0) is 53.3 Å². The number of nitrogens with zero attached hydrogens (tertiary/aromatic N) is 3. The van der Waals surface area contributed by atoms with Crippen molar-refractivity contribution in [3.63, 3.8) is 0 Å². The number of benzene rings is 4. The number of alkyl halides is 3. The van der Waals surface area contributed by atoms with E-state index in [0.717, 1.165) is 38.9 Å². The Bertz CT molecular complexity index is 1700.